The molecule has 1 aromatic carbocycles. The molecule has 0 spiro atoms. The number of benzene rings is 1. The van der Waals surface area contributed by atoms with Gasteiger partial charge in [-0.1, -0.05) is 52.8 Å². The molecule has 7 nitrogen and oxygen atoms in total. The van der Waals surface area contributed by atoms with Crippen molar-refractivity contribution in [2.24, 2.45) is 29.1 Å². The van der Waals surface area contributed by atoms with Crippen LogP contribution in [0.25, 0.3) is 10.9 Å². The molecular formula is C31H40N2O5. The second-order valence-corrected chi connectivity index (χ2v) is 12.1. The zero-order valence-corrected chi connectivity index (χ0v) is 23.4. The average molecular weight is 521 g/mol. The molecule has 1 aliphatic rings. The predicted octanol–water partition coefficient (Wildman–Crippen LogP) is 5.14. The van der Waals surface area contributed by atoms with Gasteiger partial charge in [-0.3, -0.25) is 29.0 Å². The zero-order valence-electron chi connectivity index (χ0n) is 23.4. The van der Waals surface area contributed by atoms with E-state index < -0.39 is 34.9 Å². The summed E-state index contributed by atoms with van der Waals surface area (Å²) in [4.78, 5) is 69.3. The molecular weight excluding hydrogens is 480 g/mol. The third-order valence-corrected chi connectivity index (χ3v) is 7.55. The number of para-hydroxylation sites is 1. The van der Waals surface area contributed by atoms with Crippen LogP contribution in [0.3, 0.4) is 0 Å². The molecule has 1 aliphatic carbocycles. The van der Waals surface area contributed by atoms with Crippen LogP contribution in [-0.4, -0.2) is 40.1 Å². The van der Waals surface area contributed by atoms with Gasteiger partial charge < -0.3 is 5.32 Å². The van der Waals surface area contributed by atoms with Crippen molar-refractivity contribution in [3.8, 4) is 0 Å². The number of ketones is 4. The van der Waals surface area contributed by atoms with E-state index in [1.54, 1.807) is 19.2 Å². The number of carbonyl (C=O) groups is 5. The Morgan fingerprint density at radius 1 is 0.974 bits per heavy atom. The van der Waals surface area contributed by atoms with E-state index in [0.29, 0.717) is 17.0 Å². The Morgan fingerprint density at radius 2 is 1.63 bits per heavy atom. The first-order chi connectivity index (χ1) is 17.8. The van der Waals surface area contributed by atoms with E-state index >= 15 is 0 Å². The highest BCUT2D eigenvalue weighted by Crippen LogP contribution is 2.34. The number of Topliss-reactive ketones (excluding diaryl/α,β-unsaturated/α-hetero) is 4. The molecule has 0 bridgehead atoms. The van der Waals surface area contributed by atoms with E-state index in [9.17, 15) is 24.0 Å². The van der Waals surface area contributed by atoms with E-state index in [4.69, 9.17) is 0 Å². The lowest BCUT2D eigenvalue weighted by Crippen LogP contribution is -2.46. The quantitative estimate of drug-likeness (QED) is 0.289. The highest BCUT2D eigenvalue weighted by atomic mass is 16.2. The monoisotopic (exact) mass is 520 g/mol. The predicted molar refractivity (Wildman–Crippen MR) is 147 cm³/mol. The smallest absolute Gasteiger partial charge is 0.224 e. The third-order valence-electron chi connectivity index (χ3n) is 7.55. The number of hydrogen-bond acceptors (Lipinski definition) is 6. The molecule has 3 atom stereocenters. The molecule has 1 fully saturated rings. The zero-order chi connectivity index (χ0) is 28.2. The number of hydrogen-bond donors (Lipinski definition) is 1. The number of aromatic nitrogens is 1. The molecule has 1 heterocycles. The van der Waals surface area contributed by atoms with E-state index in [2.05, 4.69) is 10.3 Å². The van der Waals surface area contributed by atoms with Gasteiger partial charge in [-0.15, -0.1) is 0 Å². The van der Waals surface area contributed by atoms with Crippen LogP contribution in [-0.2, 0) is 19.2 Å². The van der Waals surface area contributed by atoms with Crippen LogP contribution in [0.15, 0.2) is 36.5 Å². The molecule has 0 radical (unpaired) electrons. The fourth-order valence-electron chi connectivity index (χ4n) is 4.74. The van der Waals surface area contributed by atoms with E-state index in [1.165, 1.54) is 0 Å². The van der Waals surface area contributed by atoms with E-state index in [1.807, 2.05) is 58.9 Å². The van der Waals surface area contributed by atoms with Gasteiger partial charge >= 0.3 is 0 Å². The van der Waals surface area contributed by atoms with Crippen molar-refractivity contribution in [3.05, 3.63) is 42.1 Å². The van der Waals surface area contributed by atoms with Crippen molar-refractivity contribution in [2.45, 2.75) is 79.7 Å². The minimum atomic E-state index is -0.850. The fourth-order valence-corrected chi connectivity index (χ4v) is 4.74. The first-order valence-corrected chi connectivity index (χ1v) is 13.6. The van der Waals surface area contributed by atoms with Gasteiger partial charge in [0, 0.05) is 42.3 Å². The van der Waals surface area contributed by atoms with Gasteiger partial charge in [0.25, 0.3) is 0 Å². The molecule has 1 amide bonds. The first kappa shape index (κ1) is 29.3. The highest BCUT2D eigenvalue weighted by molar-refractivity contribution is 6.38. The summed E-state index contributed by atoms with van der Waals surface area (Å²) in [5.74, 6) is -2.99. The summed E-state index contributed by atoms with van der Waals surface area (Å²) in [5, 5.41) is 3.52. The molecule has 0 aliphatic heterocycles. The number of fused-ring (bicyclic) bond motifs is 1. The van der Waals surface area contributed by atoms with E-state index in [0.717, 1.165) is 18.2 Å². The Kier molecular flexibility index (Phi) is 9.34. The Bertz CT molecular complexity index is 1220. The Labute approximate surface area is 225 Å². The second kappa shape index (κ2) is 12.1. The topological polar surface area (TPSA) is 110 Å². The minimum absolute atomic E-state index is 0.0208. The summed E-state index contributed by atoms with van der Waals surface area (Å²) < 4.78 is 0. The maximum Gasteiger partial charge on any atom is 0.224 e. The largest absolute Gasteiger partial charge is 0.346 e. The lowest BCUT2D eigenvalue weighted by Gasteiger charge is -2.30. The van der Waals surface area contributed by atoms with Crippen LogP contribution in [0.2, 0.25) is 0 Å². The summed E-state index contributed by atoms with van der Waals surface area (Å²) in [6.07, 6.45) is 3.68. The van der Waals surface area contributed by atoms with Gasteiger partial charge in [0.15, 0.2) is 17.3 Å². The van der Waals surface area contributed by atoms with Crippen LogP contribution in [0, 0.1) is 29.1 Å². The summed E-state index contributed by atoms with van der Waals surface area (Å²) in [7, 11) is 0. The average Bonchev–Trinajstić information content (AvgIpc) is 3.67. The number of carbonyl (C=O) groups excluding carboxylic acids is 5. The molecule has 204 valence electrons. The summed E-state index contributed by atoms with van der Waals surface area (Å²) in [5.41, 5.74) is 0.673. The lowest BCUT2D eigenvalue weighted by atomic mass is 9.76. The van der Waals surface area contributed by atoms with Crippen molar-refractivity contribution in [3.63, 3.8) is 0 Å². The minimum Gasteiger partial charge on any atom is -0.346 e. The van der Waals surface area contributed by atoms with Crippen molar-refractivity contribution in [2.75, 3.05) is 0 Å². The van der Waals surface area contributed by atoms with Crippen molar-refractivity contribution >= 4 is 39.9 Å². The second-order valence-electron chi connectivity index (χ2n) is 12.1. The summed E-state index contributed by atoms with van der Waals surface area (Å²) >= 11 is 0. The molecule has 38 heavy (non-hydrogen) atoms. The number of rotatable bonds is 13. The van der Waals surface area contributed by atoms with Crippen LogP contribution in [0.1, 0.15) is 84.0 Å². The Morgan fingerprint density at radius 3 is 2.24 bits per heavy atom. The molecule has 0 saturated heterocycles. The van der Waals surface area contributed by atoms with Gasteiger partial charge in [-0.05, 0) is 49.1 Å². The van der Waals surface area contributed by atoms with Crippen molar-refractivity contribution in [1.29, 1.82) is 0 Å². The van der Waals surface area contributed by atoms with Crippen molar-refractivity contribution in [1.82, 2.24) is 10.3 Å². The molecule has 7 heteroatoms. The summed E-state index contributed by atoms with van der Waals surface area (Å²) in [6, 6.07) is 8.19. The number of amides is 1. The standard InChI is InChI=1S/C31H40N2O5/c1-18(2)23(29(37)28(36)15-20-11-12-20)16-26(34)19(3)33-30(38)24(31(4,5)6)17-27(35)22-13-14-32-25-10-8-7-9-21(22)25/h7-10,13-14,18-20,23-24H,11-12,15-17H2,1-6H3,(H,33,38)/t19-,23-,24+/m0/s1. The van der Waals surface area contributed by atoms with Crippen LogP contribution in [0.5, 0.6) is 0 Å². The Hall–Kier alpha value is -3.22. The number of nitrogens with zero attached hydrogens (tertiary/aromatic N) is 1. The van der Waals surface area contributed by atoms with Crippen LogP contribution in [0.4, 0.5) is 0 Å². The fraction of sp³-hybridized carbons (Fsp3) is 0.548. The molecule has 3 rings (SSSR count). The highest BCUT2D eigenvalue weighted by Gasteiger charge is 2.37. The third kappa shape index (κ3) is 7.42. The molecule has 2 aromatic rings. The van der Waals surface area contributed by atoms with E-state index in [-0.39, 0.29) is 42.7 Å². The lowest BCUT2D eigenvalue weighted by molar-refractivity contribution is -0.141. The number of nitrogens with one attached hydrogen (secondary N) is 1. The SMILES string of the molecule is CC(C)[C@H](CC(=O)[C@H](C)NC(=O)[C@@H](CC(=O)c1ccnc2ccccc12)C(C)(C)C)C(=O)C(=O)CC1CC1. The van der Waals surface area contributed by atoms with Crippen LogP contribution < -0.4 is 5.32 Å². The van der Waals surface area contributed by atoms with Crippen molar-refractivity contribution < 1.29 is 24.0 Å². The maximum absolute atomic E-state index is 13.4. The molecule has 1 N–H and O–H groups in total. The molecule has 1 saturated carbocycles. The normalized spacial score (nSPS) is 16.1. The van der Waals surface area contributed by atoms with Crippen LogP contribution >= 0.6 is 0 Å². The Balaban J connectivity index is 1.69. The van der Waals surface area contributed by atoms with Gasteiger partial charge in [-0.2, -0.15) is 0 Å². The molecule has 1 aromatic heterocycles. The summed E-state index contributed by atoms with van der Waals surface area (Å²) in [6.45, 7) is 10.9. The number of pyridine rings is 1. The molecule has 0 unspecified atom stereocenters. The van der Waals surface area contributed by atoms with Gasteiger partial charge in [0.2, 0.25) is 11.7 Å². The van der Waals surface area contributed by atoms with Gasteiger partial charge in [0.05, 0.1) is 17.5 Å². The van der Waals surface area contributed by atoms with Gasteiger partial charge in [0.1, 0.15) is 0 Å². The maximum atomic E-state index is 13.4. The van der Waals surface area contributed by atoms with Gasteiger partial charge in [-0.25, -0.2) is 0 Å². The first-order valence-electron chi connectivity index (χ1n) is 13.6.